The minimum absolute atomic E-state index is 0.0598. The molecule has 0 spiro atoms. The highest BCUT2D eigenvalue weighted by molar-refractivity contribution is 7.89. The van der Waals surface area contributed by atoms with E-state index in [0.29, 0.717) is 5.02 Å². The summed E-state index contributed by atoms with van der Waals surface area (Å²) in [7, 11) is -3.84. The van der Waals surface area contributed by atoms with Crippen molar-refractivity contribution in [3.63, 3.8) is 0 Å². The Morgan fingerprint density at radius 2 is 1.59 bits per heavy atom. The fourth-order valence-corrected chi connectivity index (χ4v) is 3.63. The summed E-state index contributed by atoms with van der Waals surface area (Å²) in [5.41, 5.74) is 0.762. The molecule has 0 atom stereocenters. The third kappa shape index (κ3) is 4.30. The molecule has 2 aromatic rings. The second-order valence-electron chi connectivity index (χ2n) is 4.57. The zero-order chi connectivity index (χ0) is 16.2. The summed E-state index contributed by atoms with van der Waals surface area (Å²) in [6, 6.07) is 14.7. The maximum atomic E-state index is 12.7. The molecular formula is C15H13Cl2NO3S. The first-order chi connectivity index (χ1) is 10.4. The molecular weight excluding hydrogens is 345 g/mol. The van der Waals surface area contributed by atoms with Gasteiger partial charge in [-0.15, -0.1) is 0 Å². The lowest BCUT2D eigenvalue weighted by Crippen LogP contribution is -2.34. The molecule has 0 bridgehead atoms. The number of sulfonamides is 1. The van der Waals surface area contributed by atoms with Crippen LogP contribution in [0.5, 0.6) is 0 Å². The number of nitrogens with zero attached hydrogens (tertiary/aromatic N) is 1. The number of benzene rings is 2. The molecule has 2 rings (SSSR count). The average molecular weight is 358 g/mol. The molecule has 4 nitrogen and oxygen atoms in total. The molecule has 0 aromatic heterocycles. The van der Waals surface area contributed by atoms with Crippen molar-refractivity contribution in [1.29, 1.82) is 0 Å². The van der Waals surface area contributed by atoms with Gasteiger partial charge in [-0.3, -0.25) is 4.79 Å². The van der Waals surface area contributed by atoms with Crippen molar-refractivity contribution in [2.45, 2.75) is 11.4 Å². The number of hydrogen-bond donors (Lipinski definition) is 0. The van der Waals surface area contributed by atoms with Crippen molar-refractivity contribution >= 4 is 38.5 Å². The van der Waals surface area contributed by atoms with Gasteiger partial charge in [0.15, 0.2) is 0 Å². The number of halogens is 2. The van der Waals surface area contributed by atoms with Crippen LogP contribution in [0.3, 0.4) is 0 Å². The van der Waals surface area contributed by atoms with E-state index in [4.69, 9.17) is 23.2 Å². The highest BCUT2D eigenvalue weighted by Crippen LogP contribution is 2.20. The van der Waals surface area contributed by atoms with Gasteiger partial charge in [-0.2, -0.15) is 4.31 Å². The Balaban J connectivity index is 2.35. The Morgan fingerprint density at radius 1 is 1.00 bits per heavy atom. The van der Waals surface area contributed by atoms with Crippen molar-refractivity contribution in [3.05, 3.63) is 65.2 Å². The van der Waals surface area contributed by atoms with E-state index in [1.54, 1.807) is 24.3 Å². The first-order valence-corrected chi connectivity index (χ1v) is 8.57. The van der Waals surface area contributed by atoms with Gasteiger partial charge in [-0.25, -0.2) is 8.42 Å². The van der Waals surface area contributed by atoms with Crippen LogP contribution in [0.2, 0.25) is 5.02 Å². The first kappa shape index (κ1) is 17.0. The molecule has 116 valence electrons. The van der Waals surface area contributed by atoms with Gasteiger partial charge in [0.05, 0.1) is 11.4 Å². The molecule has 0 N–H and O–H groups in total. The maximum absolute atomic E-state index is 12.7. The lowest BCUT2D eigenvalue weighted by atomic mass is 10.2. The van der Waals surface area contributed by atoms with Gasteiger partial charge in [-0.1, -0.05) is 41.9 Å². The summed E-state index contributed by atoms with van der Waals surface area (Å²) in [5, 5.41) is -0.310. The van der Waals surface area contributed by atoms with Crippen LogP contribution < -0.4 is 0 Å². The van der Waals surface area contributed by atoms with Crippen LogP contribution in [0.4, 0.5) is 0 Å². The Bertz CT molecular complexity index is 746. The van der Waals surface area contributed by atoms with Crippen molar-refractivity contribution in [1.82, 2.24) is 4.31 Å². The fraction of sp³-hybridized carbons (Fsp3) is 0.133. The van der Waals surface area contributed by atoms with Crippen molar-refractivity contribution in [3.8, 4) is 0 Å². The van der Waals surface area contributed by atoms with Crippen LogP contribution in [0, 0.1) is 0 Å². The Morgan fingerprint density at radius 3 is 2.14 bits per heavy atom. The number of rotatable bonds is 6. The van der Waals surface area contributed by atoms with Gasteiger partial charge >= 0.3 is 0 Å². The molecule has 0 fully saturated rings. The van der Waals surface area contributed by atoms with Gasteiger partial charge in [-0.05, 0) is 41.4 Å². The van der Waals surface area contributed by atoms with E-state index in [1.807, 2.05) is 6.07 Å². The molecule has 0 aliphatic carbocycles. The molecule has 22 heavy (non-hydrogen) atoms. The number of carbonyl (C=O) groups excluding carboxylic acids is 1. The molecule has 0 amide bonds. The zero-order valence-electron chi connectivity index (χ0n) is 11.4. The van der Waals surface area contributed by atoms with Crippen LogP contribution in [0.1, 0.15) is 5.56 Å². The first-order valence-electron chi connectivity index (χ1n) is 6.37. The zero-order valence-corrected chi connectivity index (χ0v) is 13.8. The van der Waals surface area contributed by atoms with E-state index in [2.05, 4.69) is 0 Å². The average Bonchev–Trinajstić information content (AvgIpc) is 2.47. The summed E-state index contributed by atoms with van der Waals surface area (Å²) in [6.45, 7) is -0.342. The van der Waals surface area contributed by atoms with E-state index in [1.165, 1.54) is 24.3 Å². The van der Waals surface area contributed by atoms with Crippen molar-refractivity contribution in [2.75, 3.05) is 6.54 Å². The van der Waals surface area contributed by atoms with Gasteiger partial charge in [0.25, 0.3) is 0 Å². The van der Waals surface area contributed by atoms with Crippen LogP contribution in [0.25, 0.3) is 0 Å². The monoisotopic (exact) mass is 357 g/mol. The SMILES string of the molecule is O=C(Cl)CN(Cc1ccccc1)S(=O)(=O)c1ccc(Cl)cc1. The van der Waals surface area contributed by atoms with E-state index < -0.39 is 21.8 Å². The predicted molar refractivity (Wildman–Crippen MR) is 86.3 cm³/mol. The molecule has 7 heteroatoms. The molecule has 0 radical (unpaired) electrons. The molecule has 0 aliphatic heterocycles. The highest BCUT2D eigenvalue weighted by Gasteiger charge is 2.26. The third-order valence-electron chi connectivity index (χ3n) is 2.95. The number of hydrogen-bond acceptors (Lipinski definition) is 3. The lowest BCUT2D eigenvalue weighted by Gasteiger charge is -2.20. The number of carbonyl (C=O) groups is 1. The van der Waals surface area contributed by atoms with Crippen LogP contribution >= 0.6 is 23.2 Å². The van der Waals surface area contributed by atoms with E-state index >= 15 is 0 Å². The third-order valence-corrected chi connectivity index (χ3v) is 5.13. The smallest absolute Gasteiger partial charge is 0.243 e. The summed E-state index contributed by atoms with van der Waals surface area (Å²) >= 11 is 11.2. The molecule has 0 saturated heterocycles. The summed E-state index contributed by atoms with van der Waals surface area (Å²) in [5.74, 6) is 0. The Hall–Kier alpha value is -1.40. The maximum Gasteiger partial charge on any atom is 0.243 e. The molecule has 0 unspecified atom stereocenters. The minimum Gasteiger partial charge on any atom is -0.280 e. The van der Waals surface area contributed by atoms with E-state index in [-0.39, 0.29) is 11.4 Å². The van der Waals surface area contributed by atoms with Crippen molar-refractivity contribution in [2.24, 2.45) is 0 Å². The highest BCUT2D eigenvalue weighted by atomic mass is 35.5. The summed E-state index contributed by atoms with van der Waals surface area (Å²) in [6.07, 6.45) is 0. The second-order valence-corrected chi connectivity index (χ2v) is 7.36. The summed E-state index contributed by atoms with van der Waals surface area (Å²) in [4.78, 5) is 11.3. The predicted octanol–water partition coefficient (Wildman–Crippen LogP) is 3.30. The topological polar surface area (TPSA) is 54.5 Å². The normalized spacial score (nSPS) is 11.6. The Labute approximate surface area is 139 Å². The minimum atomic E-state index is -3.84. The van der Waals surface area contributed by atoms with E-state index in [9.17, 15) is 13.2 Å². The fourth-order valence-electron chi connectivity index (χ4n) is 1.91. The van der Waals surface area contributed by atoms with Gasteiger partial charge in [0.1, 0.15) is 0 Å². The Kier molecular flexibility index (Phi) is 5.58. The molecule has 2 aromatic carbocycles. The van der Waals surface area contributed by atoms with Gasteiger partial charge < -0.3 is 0 Å². The van der Waals surface area contributed by atoms with Crippen LogP contribution in [-0.2, 0) is 21.4 Å². The van der Waals surface area contributed by atoms with Gasteiger partial charge in [0.2, 0.25) is 15.3 Å². The second kappa shape index (κ2) is 7.24. The van der Waals surface area contributed by atoms with Gasteiger partial charge in [0, 0.05) is 11.6 Å². The van der Waals surface area contributed by atoms with Crippen LogP contribution in [0.15, 0.2) is 59.5 Å². The lowest BCUT2D eigenvalue weighted by molar-refractivity contribution is -0.111. The molecule has 0 heterocycles. The largest absolute Gasteiger partial charge is 0.280 e. The molecule has 0 aliphatic rings. The quantitative estimate of drug-likeness (QED) is 0.745. The summed E-state index contributed by atoms with van der Waals surface area (Å²) < 4.78 is 26.4. The molecule has 0 saturated carbocycles. The van der Waals surface area contributed by atoms with Crippen LogP contribution in [-0.4, -0.2) is 24.5 Å². The van der Waals surface area contributed by atoms with E-state index in [0.717, 1.165) is 9.87 Å². The van der Waals surface area contributed by atoms with Crippen molar-refractivity contribution < 1.29 is 13.2 Å². The standard InChI is InChI=1S/C15H13Cl2NO3S/c16-13-6-8-14(9-7-13)22(20,21)18(11-15(17)19)10-12-4-2-1-3-5-12/h1-9H,10-11H2.